The van der Waals surface area contributed by atoms with E-state index in [9.17, 15) is 21.6 Å². The molecule has 0 aliphatic carbocycles. The molecule has 2 N–H and O–H groups in total. The van der Waals surface area contributed by atoms with Crippen molar-refractivity contribution in [2.24, 2.45) is 0 Å². The van der Waals surface area contributed by atoms with Gasteiger partial charge in [-0.2, -0.15) is 13.2 Å². The van der Waals surface area contributed by atoms with Gasteiger partial charge in [-0.3, -0.25) is 0 Å². The minimum atomic E-state index is -4.37. The molecule has 9 heteroatoms. The van der Waals surface area contributed by atoms with Crippen molar-refractivity contribution in [1.82, 2.24) is 10.0 Å². The van der Waals surface area contributed by atoms with Gasteiger partial charge in [0.05, 0.1) is 6.42 Å². The van der Waals surface area contributed by atoms with Crippen molar-refractivity contribution in [2.75, 3.05) is 13.1 Å². The number of alkyl halides is 3. The SMILES string of the molecule is CCCNCc1ccc(S(=O)(=O)NCCC(F)(F)F)s1. The first-order valence-corrected chi connectivity index (χ1v) is 8.40. The van der Waals surface area contributed by atoms with E-state index in [1.54, 1.807) is 6.07 Å². The maximum atomic E-state index is 12.0. The van der Waals surface area contributed by atoms with E-state index in [2.05, 4.69) is 5.32 Å². The molecule has 1 rings (SSSR count). The van der Waals surface area contributed by atoms with Crippen LogP contribution in [-0.2, 0) is 16.6 Å². The molecule has 0 atom stereocenters. The molecule has 1 aromatic rings. The molecule has 0 unspecified atom stereocenters. The van der Waals surface area contributed by atoms with Gasteiger partial charge in [0.15, 0.2) is 0 Å². The van der Waals surface area contributed by atoms with E-state index in [1.165, 1.54) is 6.07 Å². The number of sulfonamides is 1. The predicted molar refractivity (Wildman–Crippen MR) is 72.2 cm³/mol. The number of hydrogen-bond acceptors (Lipinski definition) is 4. The van der Waals surface area contributed by atoms with E-state index in [4.69, 9.17) is 0 Å². The first kappa shape index (κ1) is 17.4. The lowest BCUT2D eigenvalue weighted by Gasteiger charge is -2.07. The Morgan fingerprint density at radius 2 is 1.95 bits per heavy atom. The lowest BCUT2D eigenvalue weighted by Crippen LogP contribution is -2.27. The van der Waals surface area contributed by atoms with E-state index in [0.29, 0.717) is 6.54 Å². The third-order valence-corrected chi connectivity index (χ3v) is 5.37. The summed E-state index contributed by atoms with van der Waals surface area (Å²) in [4.78, 5) is 0.828. The summed E-state index contributed by atoms with van der Waals surface area (Å²) in [6, 6.07) is 3.06. The number of hydrogen-bond donors (Lipinski definition) is 2. The summed E-state index contributed by atoms with van der Waals surface area (Å²) in [5, 5.41) is 3.13. The molecule has 0 bridgehead atoms. The second kappa shape index (κ2) is 7.39. The molecular weight excluding hydrogens is 313 g/mol. The molecule has 0 aliphatic rings. The van der Waals surface area contributed by atoms with E-state index in [-0.39, 0.29) is 4.21 Å². The fourth-order valence-corrected chi connectivity index (χ4v) is 3.79. The minimum absolute atomic E-state index is 0.0352. The maximum Gasteiger partial charge on any atom is 0.390 e. The molecule has 0 saturated heterocycles. The van der Waals surface area contributed by atoms with Crippen LogP contribution in [0, 0.1) is 0 Å². The van der Waals surface area contributed by atoms with Gasteiger partial charge in [-0.1, -0.05) is 6.92 Å². The van der Waals surface area contributed by atoms with Gasteiger partial charge in [-0.05, 0) is 25.1 Å². The highest BCUT2D eigenvalue weighted by molar-refractivity contribution is 7.91. The molecule has 0 aromatic carbocycles. The quantitative estimate of drug-likeness (QED) is 0.720. The predicted octanol–water partition coefficient (Wildman–Crippen LogP) is 2.48. The summed E-state index contributed by atoms with van der Waals surface area (Å²) in [5.74, 6) is 0. The molecule has 4 nitrogen and oxygen atoms in total. The Morgan fingerprint density at radius 1 is 1.25 bits per heavy atom. The third-order valence-electron chi connectivity index (χ3n) is 2.33. The van der Waals surface area contributed by atoms with Crippen molar-refractivity contribution < 1.29 is 21.6 Å². The zero-order chi connectivity index (χ0) is 15.2. The summed E-state index contributed by atoms with van der Waals surface area (Å²) in [6.45, 7) is 2.75. The summed E-state index contributed by atoms with van der Waals surface area (Å²) < 4.78 is 61.4. The number of halogens is 3. The second-order valence-electron chi connectivity index (χ2n) is 4.16. The Morgan fingerprint density at radius 3 is 2.55 bits per heavy atom. The average Bonchev–Trinajstić information content (AvgIpc) is 2.77. The summed E-state index contributed by atoms with van der Waals surface area (Å²) in [6.07, 6.45) is -4.58. The Bertz CT molecular complexity index is 512. The highest BCUT2D eigenvalue weighted by Crippen LogP contribution is 2.22. The van der Waals surface area contributed by atoms with Crippen LogP contribution in [0.3, 0.4) is 0 Å². The molecule has 20 heavy (non-hydrogen) atoms. The van der Waals surface area contributed by atoms with Gasteiger partial charge >= 0.3 is 6.18 Å². The van der Waals surface area contributed by atoms with E-state index >= 15 is 0 Å². The van der Waals surface area contributed by atoms with Gasteiger partial charge in [0.1, 0.15) is 4.21 Å². The Balaban J connectivity index is 2.55. The molecule has 1 heterocycles. The Hall–Kier alpha value is -0.640. The van der Waals surface area contributed by atoms with Crippen LogP contribution in [0.2, 0.25) is 0 Å². The summed E-state index contributed by atoms with van der Waals surface area (Å²) in [5.41, 5.74) is 0. The highest BCUT2D eigenvalue weighted by Gasteiger charge is 2.27. The zero-order valence-corrected chi connectivity index (χ0v) is 12.6. The topological polar surface area (TPSA) is 58.2 Å². The van der Waals surface area contributed by atoms with Crippen molar-refractivity contribution >= 4 is 21.4 Å². The van der Waals surface area contributed by atoms with Crippen LogP contribution >= 0.6 is 11.3 Å². The fraction of sp³-hybridized carbons (Fsp3) is 0.636. The zero-order valence-electron chi connectivity index (χ0n) is 11.0. The second-order valence-corrected chi connectivity index (χ2v) is 7.32. The van der Waals surface area contributed by atoms with Crippen LogP contribution in [0.4, 0.5) is 13.2 Å². The standard InChI is InChI=1S/C11H17F3N2O2S2/c1-2-6-15-8-9-3-4-10(19-9)20(17,18)16-7-5-11(12,13)14/h3-4,15-16H,2,5-8H2,1H3. The van der Waals surface area contributed by atoms with Crippen molar-refractivity contribution in [1.29, 1.82) is 0 Å². The Labute approximate surface area is 120 Å². The molecule has 0 radical (unpaired) electrons. The number of rotatable bonds is 8. The van der Waals surface area contributed by atoms with Gasteiger partial charge in [-0.25, -0.2) is 13.1 Å². The van der Waals surface area contributed by atoms with Gasteiger partial charge in [0, 0.05) is 18.0 Å². The normalized spacial score (nSPS) is 12.8. The highest BCUT2D eigenvalue weighted by atomic mass is 32.2. The van der Waals surface area contributed by atoms with Gasteiger partial charge < -0.3 is 5.32 Å². The van der Waals surface area contributed by atoms with Crippen LogP contribution in [0.5, 0.6) is 0 Å². The van der Waals surface area contributed by atoms with E-state index < -0.39 is 29.2 Å². The van der Waals surface area contributed by atoms with Gasteiger partial charge in [0.2, 0.25) is 10.0 Å². The largest absolute Gasteiger partial charge is 0.390 e. The van der Waals surface area contributed by atoms with Crippen molar-refractivity contribution in [3.63, 3.8) is 0 Å². The van der Waals surface area contributed by atoms with Gasteiger partial charge in [0.25, 0.3) is 0 Å². The fourth-order valence-electron chi connectivity index (χ4n) is 1.38. The minimum Gasteiger partial charge on any atom is -0.312 e. The van der Waals surface area contributed by atoms with Crippen molar-refractivity contribution in [2.45, 2.75) is 36.7 Å². The monoisotopic (exact) mass is 330 g/mol. The first-order chi connectivity index (χ1) is 9.24. The molecule has 116 valence electrons. The van der Waals surface area contributed by atoms with Crippen LogP contribution in [0.1, 0.15) is 24.6 Å². The number of thiophene rings is 1. The van der Waals surface area contributed by atoms with Crippen molar-refractivity contribution in [3.8, 4) is 0 Å². The summed E-state index contributed by atoms with van der Waals surface area (Å²) >= 11 is 1.05. The lowest BCUT2D eigenvalue weighted by atomic mass is 10.4. The average molecular weight is 330 g/mol. The molecule has 0 spiro atoms. The first-order valence-electron chi connectivity index (χ1n) is 6.10. The van der Waals surface area contributed by atoms with E-state index in [0.717, 1.165) is 29.2 Å². The van der Waals surface area contributed by atoms with Gasteiger partial charge in [-0.15, -0.1) is 11.3 Å². The van der Waals surface area contributed by atoms with E-state index in [1.807, 2.05) is 11.6 Å². The molecular formula is C11H17F3N2O2S2. The molecule has 0 amide bonds. The smallest absolute Gasteiger partial charge is 0.312 e. The summed E-state index contributed by atoms with van der Waals surface area (Å²) in [7, 11) is -3.85. The molecule has 1 aromatic heterocycles. The third kappa shape index (κ3) is 6.21. The maximum absolute atomic E-state index is 12.0. The van der Waals surface area contributed by atoms with Crippen LogP contribution in [-0.4, -0.2) is 27.7 Å². The lowest BCUT2D eigenvalue weighted by molar-refractivity contribution is -0.132. The Kier molecular flexibility index (Phi) is 6.44. The molecule has 0 aliphatic heterocycles. The van der Waals surface area contributed by atoms with Crippen LogP contribution in [0.15, 0.2) is 16.3 Å². The molecule has 0 fully saturated rings. The number of nitrogens with one attached hydrogen (secondary N) is 2. The molecule has 0 saturated carbocycles. The van der Waals surface area contributed by atoms with Crippen molar-refractivity contribution in [3.05, 3.63) is 17.0 Å². The van der Waals surface area contributed by atoms with Crippen LogP contribution in [0.25, 0.3) is 0 Å². The van der Waals surface area contributed by atoms with Crippen LogP contribution < -0.4 is 10.0 Å².